The van der Waals surface area contributed by atoms with Crippen molar-refractivity contribution < 1.29 is 4.74 Å². The van der Waals surface area contributed by atoms with Crippen LogP contribution in [-0.2, 0) is 11.3 Å². The lowest BCUT2D eigenvalue weighted by Crippen LogP contribution is -2.08. The van der Waals surface area contributed by atoms with E-state index in [1.165, 1.54) is 0 Å². The van der Waals surface area contributed by atoms with Crippen LogP contribution in [0, 0.1) is 5.92 Å². The van der Waals surface area contributed by atoms with Crippen LogP contribution in [0.2, 0.25) is 0 Å². The molecule has 20 heavy (non-hydrogen) atoms. The van der Waals surface area contributed by atoms with Gasteiger partial charge in [-0.05, 0) is 47.0 Å². The second kappa shape index (κ2) is 7.00. The monoisotopic (exact) mass is 275 g/mol. The van der Waals surface area contributed by atoms with Gasteiger partial charge in [-0.25, -0.2) is 4.68 Å². The third-order valence-electron chi connectivity index (χ3n) is 2.81. The van der Waals surface area contributed by atoms with Gasteiger partial charge in [0, 0.05) is 31.0 Å². The third kappa shape index (κ3) is 4.03. The summed E-state index contributed by atoms with van der Waals surface area (Å²) in [5, 5.41) is 11.8. The fraction of sp³-hybridized carbons (Fsp3) is 0.500. The average molecular weight is 275 g/mol. The van der Waals surface area contributed by atoms with Gasteiger partial charge in [-0.15, -0.1) is 5.10 Å². The number of ether oxygens (including phenoxy) is 1. The first-order valence-corrected chi connectivity index (χ1v) is 6.86. The van der Waals surface area contributed by atoms with Gasteiger partial charge in [0.05, 0.1) is 0 Å². The maximum atomic E-state index is 5.68. The van der Waals surface area contributed by atoms with E-state index >= 15 is 0 Å². The first-order valence-electron chi connectivity index (χ1n) is 6.86. The van der Waals surface area contributed by atoms with Crippen molar-refractivity contribution in [2.45, 2.75) is 26.8 Å². The number of anilines is 1. The lowest BCUT2D eigenvalue weighted by molar-refractivity contribution is 0.105. The smallest absolute Gasteiger partial charge is 0.182 e. The summed E-state index contributed by atoms with van der Waals surface area (Å²) in [5.74, 6) is 1.32. The largest absolute Gasteiger partial charge is 0.399 e. The summed E-state index contributed by atoms with van der Waals surface area (Å²) in [6, 6.07) is 7.54. The highest BCUT2D eigenvalue weighted by Gasteiger charge is 2.08. The molecule has 2 rings (SSSR count). The van der Waals surface area contributed by atoms with Crippen LogP contribution in [0.1, 0.15) is 20.3 Å². The normalized spacial score (nSPS) is 11.2. The van der Waals surface area contributed by atoms with Crippen LogP contribution in [0.15, 0.2) is 24.3 Å². The Hall–Kier alpha value is -1.95. The van der Waals surface area contributed by atoms with E-state index in [-0.39, 0.29) is 0 Å². The molecule has 6 nitrogen and oxygen atoms in total. The Bertz CT molecular complexity index is 521. The van der Waals surface area contributed by atoms with Crippen LogP contribution in [0.5, 0.6) is 0 Å². The van der Waals surface area contributed by atoms with Gasteiger partial charge >= 0.3 is 0 Å². The van der Waals surface area contributed by atoms with Crippen LogP contribution in [-0.4, -0.2) is 33.4 Å². The molecule has 0 saturated heterocycles. The van der Waals surface area contributed by atoms with Crippen LogP contribution in [0.25, 0.3) is 11.4 Å². The maximum absolute atomic E-state index is 5.68. The van der Waals surface area contributed by atoms with Gasteiger partial charge in [-0.1, -0.05) is 13.8 Å². The molecular formula is C14H21N5O. The van der Waals surface area contributed by atoms with Crippen LogP contribution in [0.3, 0.4) is 0 Å². The lowest BCUT2D eigenvalue weighted by Gasteiger charge is -2.07. The quantitative estimate of drug-likeness (QED) is 0.617. The first kappa shape index (κ1) is 14.5. The van der Waals surface area contributed by atoms with Crippen LogP contribution < -0.4 is 5.73 Å². The molecule has 0 aliphatic carbocycles. The average Bonchev–Trinajstić information content (AvgIpc) is 2.87. The second-order valence-electron chi connectivity index (χ2n) is 5.17. The number of tetrazole rings is 1. The molecule has 2 N–H and O–H groups in total. The number of benzene rings is 1. The van der Waals surface area contributed by atoms with Crippen molar-refractivity contribution in [2.24, 2.45) is 5.92 Å². The molecule has 1 heterocycles. The molecule has 0 aliphatic rings. The highest BCUT2D eigenvalue weighted by atomic mass is 16.5. The molecule has 0 radical (unpaired) electrons. The predicted octanol–water partition coefficient (Wildman–Crippen LogP) is 1.98. The molecule has 0 spiro atoms. The van der Waals surface area contributed by atoms with E-state index in [1.54, 1.807) is 4.68 Å². The van der Waals surface area contributed by atoms with Crippen molar-refractivity contribution >= 4 is 5.69 Å². The van der Waals surface area contributed by atoms with E-state index in [9.17, 15) is 0 Å². The van der Waals surface area contributed by atoms with E-state index in [2.05, 4.69) is 29.4 Å². The molecule has 1 aromatic carbocycles. The molecular weight excluding hydrogens is 254 g/mol. The Kier molecular flexibility index (Phi) is 5.06. The Labute approximate surface area is 118 Å². The number of nitrogens with two attached hydrogens (primary N) is 1. The topological polar surface area (TPSA) is 78.8 Å². The van der Waals surface area contributed by atoms with Crippen molar-refractivity contribution in [1.29, 1.82) is 0 Å². The molecule has 2 aromatic rings. The van der Waals surface area contributed by atoms with Crippen molar-refractivity contribution in [3.63, 3.8) is 0 Å². The third-order valence-corrected chi connectivity index (χ3v) is 2.81. The summed E-state index contributed by atoms with van der Waals surface area (Å²) in [4.78, 5) is 0. The lowest BCUT2D eigenvalue weighted by atomic mass is 10.2. The van der Waals surface area contributed by atoms with Crippen molar-refractivity contribution in [1.82, 2.24) is 20.2 Å². The summed E-state index contributed by atoms with van der Waals surface area (Å²) < 4.78 is 7.35. The number of aryl methyl sites for hydroxylation is 1. The summed E-state index contributed by atoms with van der Waals surface area (Å²) >= 11 is 0. The Morgan fingerprint density at radius 1 is 1.25 bits per heavy atom. The van der Waals surface area contributed by atoms with Gasteiger partial charge in [-0.2, -0.15) is 0 Å². The van der Waals surface area contributed by atoms with Gasteiger partial charge in [0.2, 0.25) is 0 Å². The SMILES string of the molecule is CC(C)COCCCn1nnnc1-c1ccc(N)cc1. The minimum absolute atomic E-state index is 0.563. The molecule has 0 bridgehead atoms. The minimum atomic E-state index is 0.563. The predicted molar refractivity (Wildman–Crippen MR) is 77.9 cm³/mol. The number of nitrogen functional groups attached to an aromatic ring is 1. The standard InChI is InChI=1S/C14H21N5O/c1-11(2)10-20-9-3-8-19-14(16-17-18-19)12-4-6-13(15)7-5-12/h4-7,11H,3,8-10,15H2,1-2H3. The summed E-state index contributed by atoms with van der Waals surface area (Å²) in [6.45, 7) is 6.53. The Morgan fingerprint density at radius 2 is 2.00 bits per heavy atom. The molecule has 6 heteroatoms. The maximum Gasteiger partial charge on any atom is 0.182 e. The molecule has 0 amide bonds. The fourth-order valence-electron chi connectivity index (χ4n) is 1.83. The number of aromatic nitrogens is 4. The van der Waals surface area contributed by atoms with Gasteiger partial charge in [0.1, 0.15) is 0 Å². The van der Waals surface area contributed by atoms with Gasteiger partial charge in [0.25, 0.3) is 0 Å². The fourth-order valence-corrected chi connectivity index (χ4v) is 1.83. The Balaban J connectivity index is 1.90. The number of hydrogen-bond acceptors (Lipinski definition) is 5. The summed E-state index contributed by atoms with van der Waals surface area (Å²) in [6.07, 6.45) is 0.889. The molecule has 0 fully saturated rings. The van der Waals surface area contributed by atoms with E-state index in [0.717, 1.165) is 43.3 Å². The number of hydrogen-bond donors (Lipinski definition) is 1. The Morgan fingerprint density at radius 3 is 2.70 bits per heavy atom. The zero-order valence-electron chi connectivity index (χ0n) is 12.0. The van der Waals surface area contributed by atoms with Gasteiger partial charge < -0.3 is 10.5 Å². The molecule has 0 saturated carbocycles. The molecule has 108 valence electrons. The number of nitrogens with zero attached hydrogens (tertiary/aromatic N) is 4. The zero-order valence-corrected chi connectivity index (χ0v) is 12.0. The molecule has 1 aromatic heterocycles. The minimum Gasteiger partial charge on any atom is -0.399 e. The van der Waals surface area contributed by atoms with Crippen molar-refractivity contribution in [3.05, 3.63) is 24.3 Å². The summed E-state index contributed by atoms with van der Waals surface area (Å²) in [5.41, 5.74) is 7.38. The summed E-state index contributed by atoms with van der Waals surface area (Å²) in [7, 11) is 0. The first-order chi connectivity index (χ1) is 9.66. The molecule has 0 atom stereocenters. The molecule has 0 aliphatic heterocycles. The highest BCUT2D eigenvalue weighted by molar-refractivity contribution is 5.58. The molecule has 0 unspecified atom stereocenters. The van der Waals surface area contributed by atoms with Crippen molar-refractivity contribution in [3.8, 4) is 11.4 Å². The van der Waals surface area contributed by atoms with E-state index < -0.39 is 0 Å². The number of rotatable bonds is 7. The van der Waals surface area contributed by atoms with E-state index in [1.807, 2.05) is 24.3 Å². The zero-order chi connectivity index (χ0) is 14.4. The van der Waals surface area contributed by atoms with E-state index in [4.69, 9.17) is 10.5 Å². The van der Waals surface area contributed by atoms with Gasteiger partial charge in [0.15, 0.2) is 5.82 Å². The second-order valence-corrected chi connectivity index (χ2v) is 5.17. The highest BCUT2D eigenvalue weighted by Crippen LogP contribution is 2.17. The van der Waals surface area contributed by atoms with Gasteiger partial charge in [-0.3, -0.25) is 0 Å². The van der Waals surface area contributed by atoms with Crippen LogP contribution >= 0.6 is 0 Å². The van der Waals surface area contributed by atoms with Crippen LogP contribution in [0.4, 0.5) is 5.69 Å². The van der Waals surface area contributed by atoms with Crippen molar-refractivity contribution in [2.75, 3.05) is 18.9 Å². The van der Waals surface area contributed by atoms with E-state index in [0.29, 0.717) is 5.92 Å².